The fourth-order valence-electron chi connectivity index (χ4n) is 2.93. The number of Topliss-reactive ketones (excluding diaryl/α,β-unsaturated/α-hetero) is 1. The van der Waals surface area contributed by atoms with E-state index < -0.39 is 0 Å². The van der Waals surface area contributed by atoms with Gasteiger partial charge in [-0.2, -0.15) is 0 Å². The quantitative estimate of drug-likeness (QED) is 0.790. The Kier molecular flexibility index (Phi) is 6.30. The summed E-state index contributed by atoms with van der Waals surface area (Å²) in [6.07, 6.45) is 2.20. The van der Waals surface area contributed by atoms with Crippen LogP contribution >= 0.6 is 0 Å². The standard InChI is InChI=1S/C18H26N2O3/c1-13(21)15-3-5-17(6-4-15)19-18(23)9-12-20-10-7-16(8-11-20)14(2)22/h3-6,14,16,22H,7-12H2,1-2H3,(H,19,23). The summed E-state index contributed by atoms with van der Waals surface area (Å²) in [4.78, 5) is 25.5. The summed E-state index contributed by atoms with van der Waals surface area (Å²) in [6.45, 7) is 6.00. The number of anilines is 1. The highest BCUT2D eigenvalue weighted by Crippen LogP contribution is 2.20. The molecule has 2 N–H and O–H groups in total. The van der Waals surface area contributed by atoms with E-state index in [1.54, 1.807) is 24.3 Å². The van der Waals surface area contributed by atoms with Crippen LogP contribution in [0.1, 0.15) is 43.5 Å². The molecule has 1 saturated heterocycles. The molecule has 1 unspecified atom stereocenters. The Balaban J connectivity index is 1.72. The third-order valence-electron chi connectivity index (χ3n) is 4.54. The minimum Gasteiger partial charge on any atom is -0.393 e. The largest absolute Gasteiger partial charge is 0.393 e. The zero-order valence-electron chi connectivity index (χ0n) is 13.9. The molecule has 23 heavy (non-hydrogen) atoms. The average Bonchev–Trinajstić information content (AvgIpc) is 2.54. The minimum absolute atomic E-state index is 0.0155. The molecule has 0 saturated carbocycles. The van der Waals surface area contributed by atoms with Gasteiger partial charge in [0.05, 0.1) is 6.10 Å². The zero-order chi connectivity index (χ0) is 16.8. The fourth-order valence-corrected chi connectivity index (χ4v) is 2.93. The Morgan fingerprint density at radius 3 is 2.39 bits per heavy atom. The molecule has 0 aliphatic carbocycles. The summed E-state index contributed by atoms with van der Waals surface area (Å²) in [5.74, 6) is 0.390. The molecule has 1 aliphatic heterocycles. The Bertz CT molecular complexity index is 532. The van der Waals surface area contributed by atoms with Crippen molar-refractivity contribution in [2.24, 2.45) is 5.92 Å². The summed E-state index contributed by atoms with van der Waals surface area (Å²) in [7, 11) is 0. The first-order chi connectivity index (χ1) is 11.0. The topological polar surface area (TPSA) is 69.6 Å². The Labute approximate surface area is 137 Å². The number of carbonyl (C=O) groups excluding carboxylic acids is 2. The lowest BCUT2D eigenvalue weighted by atomic mass is 9.92. The number of piperidine rings is 1. The molecular formula is C18H26N2O3. The average molecular weight is 318 g/mol. The van der Waals surface area contributed by atoms with E-state index in [0.717, 1.165) is 32.5 Å². The third-order valence-corrected chi connectivity index (χ3v) is 4.54. The molecule has 1 amide bonds. The monoisotopic (exact) mass is 318 g/mol. The van der Waals surface area contributed by atoms with Gasteiger partial charge in [-0.1, -0.05) is 0 Å². The Morgan fingerprint density at radius 2 is 1.87 bits per heavy atom. The molecule has 126 valence electrons. The summed E-state index contributed by atoms with van der Waals surface area (Å²) in [5, 5.41) is 12.5. The second kappa shape index (κ2) is 8.22. The number of nitrogens with one attached hydrogen (secondary N) is 1. The molecule has 5 heteroatoms. The van der Waals surface area contributed by atoms with Gasteiger partial charge in [-0.25, -0.2) is 0 Å². The lowest BCUT2D eigenvalue weighted by molar-refractivity contribution is -0.116. The second-order valence-electron chi connectivity index (χ2n) is 6.35. The van der Waals surface area contributed by atoms with Crippen molar-refractivity contribution in [2.75, 3.05) is 25.0 Å². The van der Waals surface area contributed by atoms with Crippen LogP contribution in [0.15, 0.2) is 24.3 Å². The van der Waals surface area contributed by atoms with E-state index in [1.807, 2.05) is 6.92 Å². The van der Waals surface area contributed by atoms with Crippen LogP contribution < -0.4 is 5.32 Å². The van der Waals surface area contributed by atoms with Gasteiger partial charge in [0.25, 0.3) is 0 Å². The number of hydrogen-bond acceptors (Lipinski definition) is 4. The molecular weight excluding hydrogens is 292 g/mol. The summed E-state index contributed by atoms with van der Waals surface area (Å²) >= 11 is 0. The summed E-state index contributed by atoms with van der Waals surface area (Å²) in [5.41, 5.74) is 1.36. The highest BCUT2D eigenvalue weighted by atomic mass is 16.3. The van der Waals surface area contributed by atoms with Gasteiger partial charge in [-0.15, -0.1) is 0 Å². The number of benzene rings is 1. The maximum atomic E-state index is 12.0. The number of aliphatic hydroxyl groups excluding tert-OH is 1. The van der Waals surface area contributed by atoms with Gasteiger partial charge in [-0.3, -0.25) is 9.59 Å². The number of likely N-dealkylation sites (tertiary alicyclic amines) is 1. The normalized spacial score (nSPS) is 17.7. The minimum atomic E-state index is -0.238. The Morgan fingerprint density at radius 1 is 1.26 bits per heavy atom. The van der Waals surface area contributed by atoms with Crippen LogP contribution in [-0.2, 0) is 4.79 Å². The fraction of sp³-hybridized carbons (Fsp3) is 0.556. The second-order valence-corrected chi connectivity index (χ2v) is 6.35. The Hall–Kier alpha value is -1.72. The molecule has 0 spiro atoms. The van der Waals surface area contributed by atoms with E-state index in [0.29, 0.717) is 23.6 Å². The van der Waals surface area contributed by atoms with Crippen molar-refractivity contribution in [1.29, 1.82) is 0 Å². The van der Waals surface area contributed by atoms with E-state index >= 15 is 0 Å². The molecule has 0 aromatic heterocycles. The number of carbonyl (C=O) groups is 2. The zero-order valence-corrected chi connectivity index (χ0v) is 13.9. The number of nitrogens with zero attached hydrogens (tertiary/aromatic N) is 1. The molecule has 1 aromatic carbocycles. The molecule has 1 fully saturated rings. The number of rotatable bonds is 6. The molecule has 5 nitrogen and oxygen atoms in total. The van der Waals surface area contributed by atoms with Crippen molar-refractivity contribution in [3.8, 4) is 0 Å². The van der Waals surface area contributed by atoms with Gasteiger partial charge in [-0.05, 0) is 70.0 Å². The highest BCUT2D eigenvalue weighted by molar-refractivity contribution is 5.95. The van der Waals surface area contributed by atoms with Crippen molar-refractivity contribution in [2.45, 2.75) is 39.2 Å². The van der Waals surface area contributed by atoms with Gasteiger partial charge in [0.15, 0.2) is 5.78 Å². The van der Waals surface area contributed by atoms with E-state index in [4.69, 9.17) is 0 Å². The molecule has 0 bridgehead atoms. The number of ketones is 1. The lowest BCUT2D eigenvalue weighted by Gasteiger charge is -2.33. The predicted molar refractivity (Wildman–Crippen MR) is 90.5 cm³/mol. The van der Waals surface area contributed by atoms with Crippen molar-refractivity contribution >= 4 is 17.4 Å². The van der Waals surface area contributed by atoms with E-state index in [9.17, 15) is 14.7 Å². The van der Waals surface area contributed by atoms with Gasteiger partial charge < -0.3 is 15.3 Å². The van der Waals surface area contributed by atoms with Crippen molar-refractivity contribution in [3.05, 3.63) is 29.8 Å². The van der Waals surface area contributed by atoms with Crippen LogP contribution in [-0.4, -0.2) is 47.4 Å². The molecule has 1 heterocycles. The smallest absolute Gasteiger partial charge is 0.225 e. The molecule has 1 aromatic rings. The first kappa shape index (κ1) is 17.6. The summed E-state index contributed by atoms with van der Waals surface area (Å²) in [6, 6.07) is 6.95. The first-order valence-corrected chi connectivity index (χ1v) is 8.27. The SMILES string of the molecule is CC(=O)c1ccc(NC(=O)CCN2CCC(C(C)O)CC2)cc1. The predicted octanol–water partition coefficient (Wildman–Crippen LogP) is 2.31. The van der Waals surface area contributed by atoms with Crippen LogP contribution in [0, 0.1) is 5.92 Å². The lowest BCUT2D eigenvalue weighted by Crippen LogP contribution is -2.38. The van der Waals surface area contributed by atoms with Gasteiger partial charge in [0.2, 0.25) is 5.91 Å². The van der Waals surface area contributed by atoms with Crippen LogP contribution in [0.2, 0.25) is 0 Å². The van der Waals surface area contributed by atoms with Crippen molar-refractivity contribution in [3.63, 3.8) is 0 Å². The molecule has 0 radical (unpaired) electrons. The number of hydrogen-bond donors (Lipinski definition) is 2. The van der Waals surface area contributed by atoms with Gasteiger partial charge in [0.1, 0.15) is 0 Å². The van der Waals surface area contributed by atoms with Crippen LogP contribution in [0.3, 0.4) is 0 Å². The maximum Gasteiger partial charge on any atom is 0.225 e. The number of amides is 1. The van der Waals surface area contributed by atoms with E-state index in [2.05, 4.69) is 10.2 Å². The highest BCUT2D eigenvalue weighted by Gasteiger charge is 2.22. The van der Waals surface area contributed by atoms with Crippen LogP contribution in [0.4, 0.5) is 5.69 Å². The first-order valence-electron chi connectivity index (χ1n) is 8.27. The molecule has 1 aliphatic rings. The summed E-state index contributed by atoms with van der Waals surface area (Å²) < 4.78 is 0. The van der Waals surface area contributed by atoms with Crippen molar-refractivity contribution in [1.82, 2.24) is 4.90 Å². The number of aliphatic hydroxyl groups is 1. The molecule has 1 atom stereocenters. The molecule has 2 rings (SSSR count). The van der Waals surface area contributed by atoms with Crippen LogP contribution in [0.25, 0.3) is 0 Å². The van der Waals surface area contributed by atoms with Gasteiger partial charge in [0, 0.05) is 24.2 Å². The van der Waals surface area contributed by atoms with E-state index in [1.165, 1.54) is 6.92 Å². The van der Waals surface area contributed by atoms with E-state index in [-0.39, 0.29) is 17.8 Å². The maximum absolute atomic E-state index is 12.0. The van der Waals surface area contributed by atoms with Gasteiger partial charge >= 0.3 is 0 Å². The third kappa shape index (κ3) is 5.44. The van der Waals surface area contributed by atoms with Crippen LogP contribution in [0.5, 0.6) is 0 Å². The van der Waals surface area contributed by atoms with Crippen molar-refractivity contribution < 1.29 is 14.7 Å².